The molecule has 4 nitrogen and oxygen atoms in total. The molecular formula is C16H25N3O. The Balaban J connectivity index is 1.91. The van der Waals surface area contributed by atoms with E-state index in [1.54, 1.807) is 0 Å². The highest BCUT2D eigenvalue weighted by molar-refractivity contribution is 5.89. The van der Waals surface area contributed by atoms with Gasteiger partial charge < -0.3 is 15.5 Å². The van der Waals surface area contributed by atoms with Crippen molar-refractivity contribution in [1.82, 2.24) is 5.32 Å². The number of anilines is 2. The molecule has 1 aliphatic heterocycles. The smallest absolute Gasteiger partial charge is 0.319 e. The van der Waals surface area contributed by atoms with Gasteiger partial charge in [-0.2, -0.15) is 0 Å². The van der Waals surface area contributed by atoms with Gasteiger partial charge in [0.2, 0.25) is 0 Å². The van der Waals surface area contributed by atoms with Crippen LogP contribution in [0.5, 0.6) is 0 Å². The van der Waals surface area contributed by atoms with E-state index in [1.165, 1.54) is 18.5 Å². The van der Waals surface area contributed by atoms with Crippen LogP contribution in [0.15, 0.2) is 24.3 Å². The molecule has 1 aromatic carbocycles. The van der Waals surface area contributed by atoms with Crippen LogP contribution in [-0.2, 0) is 0 Å². The third-order valence-corrected chi connectivity index (χ3v) is 3.69. The summed E-state index contributed by atoms with van der Waals surface area (Å²) in [5.41, 5.74) is 2.07. The first-order chi connectivity index (χ1) is 9.54. The largest absolute Gasteiger partial charge is 0.372 e. The van der Waals surface area contributed by atoms with E-state index in [0.717, 1.165) is 24.7 Å². The Morgan fingerprint density at radius 1 is 1.20 bits per heavy atom. The number of urea groups is 1. The van der Waals surface area contributed by atoms with Crippen LogP contribution < -0.4 is 15.5 Å². The van der Waals surface area contributed by atoms with Crippen LogP contribution in [0.1, 0.15) is 33.6 Å². The number of hydrogen-bond donors (Lipinski definition) is 2. The molecule has 4 heteroatoms. The zero-order valence-electron chi connectivity index (χ0n) is 12.6. The monoisotopic (exact) mass is 275 g/mol. The van der Waals surface area contributed by atoms with Crippen LogP contribution in [0.25, 0.3) is 0 Å². The molecule has 1 saturated heterocycles. The van der Waals surface area contributed by atoms with E-state index < -0.39 is 0 Å². The summed E-state index contributed by atoms with van der Waals surface area (Å²) in [4.78, 5) is 14.0. The maximum absolute atomic E-state index is 11.6. The third-order valence-electron chi connectivity index (χ3n) is 3.69. The van der Waals surface area contributed by atoms with Crippen molar-refractivity contribution in [3.05, 3.63) is 24.3 Å². The van der Waals surface area contributed by atoms with E-state index in [-0.39, 0.29) is 12.1 Å². The summed E-state index contributed by atoms with van der Waals surface area (Å²) in [5.74, 6) is 0.840. The van der Waals surface area contributed by atoms with Gasteiger partial charge in [0.25, 0.3) is 0 Å². The quantitative estimate of drug-likeness (QED) is 0.887. The van der Waals surface area contributed by atoms with Crippen molar-refractivity contribution >= 4 is 17.4 Å². The molecule has 0 bridgehead atoms. The van der Waals surface area contributed by atoms with E-state index in [2.05, 4.69) is 34.6 Å². The first-order valence-corrected chi connectivity index (χ1v) is 7.47. The number of amides is 2. The molecule has 110 valence electrons. The van der Waals surface area contributed by atoms with Crippen molar-refractivity contribution in [1.29, 1.82) is 0 Å². The fourth-order valence-corrected chi connectivity index (χ4v) is 2.45. The first kappa shape index (κ1) is 14.7. The van der Waals surface area contributed by atoms with Gasteiger partial charge in [-0.05, 0) is 56.9 Å². The lowest BCUT2D eigenvalue weighted by Crippen LogP contribution is -2.34. The summed E-state index contributed by atoms with van der Waals surface area (Å²) in [6.07, 6.45) is 2.52. The second-order valence-electron chi connectivity index (χ2n) is 5.97. The average Bonchev–Trinajstić information content (AvgIpc) is 2.39. The normalized spacial score (nSPS) is 16.3. The van der Waals surface area contributed by atoms with Gasteiger partial charge in [0.15, 0.2) is 0 Å². The predicted molar refractivity (Wildman–Crippen MR) is 84.3 cm³/mol. The third kappa shape index (κ3) is 4.15. The molecule has 1 aromatic rings. The summed E-state index contributed by atoms with van der Waals surface area (Å²) in [5, 5.41) is 5.66. The van der Waals surface area contributed by atoms with Crippen LogP contribution in [-0.4, -0.2) is 25.2 Å². The number of nitrogens with one attached hydrogen (secondary N) is 2. The summed E-state index contributed by atoms with van der Waals surface area (Å²) < 4.78 is 0. The minimum absolute atomic E-state index is 0.143. The standard InChI is InChI=1S/C16H25N3O/c1-12(2)17-16(20)18-14-4-6-15(7-5-14)19-10-8-13(3)9-11-19/h4-7,12-13H,8-11H2,1-3H3,(H2,17,18,20). The lowest BCUT2D eigenvalue weighted by molar-refractivity contribution is 0.250. The fourth-order valence-electron chi connectivity index (χ4n) is 2.45. The summed E-state index contributed by atoms with van der Waals surface area (Å²) in [7, 11) is 0. The van der Waals surface area contributed by atoms with Gasteiger partial charge >= 0.3 is 6.03 Å². The fraction of sp³-hybridized carbons (Fsp3) is 0.562. The number of benzene rings is 1. The molecule has 0 saturated carbocycles. The number of carbonyl (C=O) groups excluding carboxylic acids is 1. The van der Waals surface area contributed by atoms with Crippen LogP contribution in [0, 0.1) is 5.92 Å². The van der Waals surface area contributed by atoms with Crippen LogP contribution in [0.2, 0.25) is 0 Å². The maximum atomic E-state index is 11.6. The van der Waals surface area contributed by atoms with Gasteiger partial charge in [-0.1, -0.05) is 6.92 Å². The van der Waals surface area contributed by atoms with E-state index in [9.17, 15) is 4.79 Å². The minimum atomic E-state index is -0.153. The molecule has 2 amide bonds. The minimum Gasteiger partial charge on any atom is -0.372 e. The summed E-state index contributed by atoms with van der Waals surface area (Å²) in [6.45, 7) is 8.46. The summed E-state index contributed by atoms with van der Waals surface area (Å²) in [6, 6.07) is 8.09. The molecule has 2 N–H and O–H groups in total. The van der Waals surface area contributed by atoms with Crippen LogP contribution in [0.4, 0.5) is 16.2 Å². The highest BCUT2D eigenvalue weighted by atomic mass is 16.2. The summed E-state index contributed by atoms with van der Waals surface area (Å²) >= 11 is 0. The SMILES string of the molecule is CC1CCN(c2ccc(NC(=O)NC(C)C)cc2)CC1. The Bertz CT molecular complexity index is 434. The molecule has 20 heavy (non-hydrogen) atoms. The van der Waals surface area contributed by atoms with Crippen molar-refractivity contribution in [2.75, 3.05) is 23.3 Å². The van der Waals surface area contributed by atoms with Gasteiger partial charge in [-0.25, -0.2) is 4.79 Å². The Labute approximate surface area is 121 Å². The van der Waals surface area contributed by atoms with Crippen molar-refractivity contribution in [2.45, 2.75) is 39.7 Å². The van der Waals surface area contributed by atoms with Gasteiger partial charge in [0.1, 0.15) is 0 Å². The number of nitrogens with zero attached hydrogens (tertiary/aromatic N) is 1. The molecule has 0 aliphatic carbocycles. The second kappa shape index (κ2) is 6.64. The van der Waals surface area contributed by atoms with Crippen molar-refractivity contribution < 1.29 is 4.79 Å². The Morgan fingerprint density at radius 3 is 2.35 bits per heavy atom. The lowest BCUT2D eigenvalue weighted by atomic mass is 9.99. The number of carbonyl (C=O) groups is 1. The zero-order valence-corrected chi connectivity index (χ0v) is 12.6. The van der Waals surface area contributed by atoms with Crippen molar-refractivity contribution in [2.24, 2.45) is 5.92 Å². The van der Waals surface area contributed by atoms with Crippen molar-refractivity contribution in [3.63, 3.8) is 0 Å². The Hall–Kier alpha value is -1.71. The van der Waals surface area contributed by atoms with Crippen LogP contribution in [0.3, 0.4) is 0 Å². The molecule has 1 aliphatic rings. The van der Waals surface area contributed by atoms with Gasteiger partial charge in [-0.15, -0.1) is 0 Å². The number of piperidine rings is 1. The molecule has 0 radical (unpaired) electrons. The van der Waals surface area contributed by atoms with Gasteiger partial charge in [-0.3, -0.25) is 0 Å². The van der Waals surface area contributed by atoms with Gasteiger partial charge in [0, 0.05) is 30.5 Å². The maximum Gasteiger partial charge on any atom is 0.319 e. The molecule has 0 atom stereocenters. The Kier molecular flexibility index (Phi) is 4.88. The average molecular weight is 275 g/mol. The van der Waals surface area contributed by atoms with Gasteiger partial charge in [0.05, 0.1) is 0 Å². The van der Waals surface area contributed by atoms with E-state index in [1.807, 2.05) is 26.0 Å². The van der Waals surface area contributed by atoms with E-state index >= 15 is 0 Å². The second-order valence-corrected chi connectivity index (χ2v) is 5.97. The molecular weight excluding hydrogens is 250 g/mol. The van der Waals surface area contributed by atoms with E-state index in [4.69, 9.17) is 0 Å². The highest BCUT2D eigenvalue weighted by Gasteiger charge is 2.15. The predicted octanol–water partition coefficient (Wildman–Crippen LogP) is 3.45. The molecule has 1 heterocycles. The zero-order chi connectivity index (χ0) is 14.5. The molecule has 0 spiro atoms. The first-order valence-electron chi connectivity index (χ1n) is 7.47. The van der Waals surface area contributed by atoms with Crippen LogP contribution >= 0.6 is 0 Å². The number of hydrogen-bond acceptors (Lipinski definition) is 2. The molecule has 0 aromatic heterocycles. The lowest BCUT2D eigenvalue weighted by Gasteiger charge is -2.32. The Morgan fingerprint density at radius 2 is 1.80 bits per heavy atom. The molecule has 2 rings (SSSR count). The number of rotatable bonds is 3. The topological polar surface area (TPSA) is 44.4 Å². The van der Waals surface area contributed by atoms with E-state index in [0.29, 0.717) is 0 Å². The molecule has 0 unspecified atom stereocenters. The van der Waals surface area contributed by atoms with Crippen molar-refractivity contribution in [3.8, 4) is 0 Å². The highest BCUT2D eigenvalue weighted by Crippen LogP contribution is 2.24. The molecule has 1 fully saturated rings.